The van der Waals surface area contributed by atoms with Gasteiger partial charge in [0.15, 0.2) is 0 Å². The Balaban J connectivity index is 2.59. The highest BCUT2D eigenvalue weighted by Crippen LogP contribution is 2.10. The first-order chi connectivity index (χ1) is 3.70. The molecule has 0 aromatic rings. The topological polar surface area (TPSA) is 15.6 Å². The summed E-state index contributed by atoms with van der Waals surface area (Å²) in [6.45, 7) is 2.54. The zero-order chi connectivity index (χ0) is 6.15. The van der Waals surface area contributed by atoms with Crippen molar-refractivity contribution in [1.82, 2.24) is 5.01 Å². The van der Waals surface area contributed by atoms with E-state index >= 15 is 0 Å². The molecule has 1 atom stereocenters. The maximum Gasteiger partial charge on any atom is 0.212 e. The molecule has 0 radical (unpaired) electrons. The van der Waals surface area contributed by atoms with Crippen LogP contribution in [0.2, 0.25) is 0 Å². The lowest BCUT2D eigenvalue weighted by Crippen LogP contribution is -2.11. The van der Waals surface area contributed by atoms with E-state index < -0.39 is 0 Å². The van der Waals surface area contributed by atoms with E-state index in [1.165, 1.54) is 0 Å². The summed E-state index contributed by atoms with van der Waals surface area (Å²) in [5, 5.41) is 5.16. The van der Waals surface area contributed by atoms with Crippen molar-refractivity contribution in [3.63, 3.8) is 0 Å². The molecule has 0 N–H and O–H groups in total. The molecule has 0 aliphatic carbocycles. The zero-order valence-corrected chi connectivity index (χ0v) is 5.06. The highest BCUT2D eigenvalue weighted by Gasteiger charge is 2.18. The van der Waals surface area contributed by atoms with E-state index in [1.807, 2.05) is 6.92 Å². The highest BCUT2D eigenvalue weighted by molar-refractivity contribution is 5.78. The number of hydrogen-bond donors (Lipinski definition) is 0. The van der Waals surface area contributed by atoms with Gasteiger partial charge in [-0.2, -0.15) is 9.49 Å². The average molecular weight is 116 g/mol. The van der Waals surface area contributed by atoms with Crippen molar-refractivity contribution in [3.05, 3.63) is 0 Å². The third-order valence-electron chi connectivity index (χ3n) is 1.21. The fourth-order valence-electron chi connectivity index (χ4n) is 0.774. The molecule has 8 heavy (non-hydrogen) atoms. The molecule has 0 spiro atoms. The molecule has 1 aliphatic heterocycles. The number of rotatable bonds is 0. The number of halogens is 1. The molecule has 0 aromatic carbocycles. The van der Waals surface area contributed by atoms with Crippen molar-refractivity contribution in [1.29, 1.82) is 0 Å². The summed E-state index contributed by atoms with van der Waals surface area (Å²) in [6, 6.07) is 0. The second kappa shape index (κ2) is 1.73. The van der Waals surface area contributed by atoms with Crippen LogP contribution >= 0.6 is 0 Å². The molecule has 3 heteroatoms. The number of hydrazone groups is 1. The van der Waals surface area contributed by atoms with Crippen molar-refractivity contribution in [2.75, 3.05) is 13.6 Å². The molecule has 0 amide bonds. The van der Waals surface area contributed by atoms with Gasteiger partial charge < -0.3 is 0 Å². The Morgan fingerprint density at radius 1 is 1.88 bits per heavy atom. The highest BCUT2D eigenvalue weighted by atomic mass is 19.1. The first-order valence-electron chi connectivity index (χ1n) is 2.65. The van der Waals surface area contributed by atoms with E-state index in [9.17, 15) is 4.39 Å². The van der Waals surface area contributed by atoms with Crippen molar-refractivity contribution >= 4 is 5.97 Å². The Bertz CT molecular complexity index is 122. The SMILES string of the molecule is CC1CN(C)N=C1F. The summed E-state index contributed by atoms with van der Waals surface area (Å²) in [4.78, 5) is 0. The van der Waals surface area contributed by atoms with Gasteiger partial charge in [-0.1, -0.05) is 6.92 Å². The molecule has 0 aromatic heterocycles. The van der Waals surface area contributed by atoms with Crippen LogP contribution in [0.4, 0.5) is 4.39 Å². The smallest absolute Gasteiger partial charge is 0.212 e. The quantitative estimate of drug-likeness (QED) is 0.458. The Kier molecular flexibility index (Phi) is 1.19. The summed E-state index contributed by atoms with van der Waals surface area (Å²) in [6.07, 6.45) is 0. The van der Waals surface area contributed by atoms with Crippen molar-refractivity contribution in [2.45, 2.75) is 6.92 Å². The van der Waals surface area contributed by atoms with Gasteiger partial charge in [0.1, 0.15) is 0 Å². The van der Waals surface area contributed by atoms with Crippen LogP contribution in [-0.2, 0) is 0 Å². The molecular weight excluding hydrogens is 107 g/mol. The first kappa shape index (κ1) is 5.54. The van der Waals surface area contributed by atoms with E-state index in [1.54, 1.807) is 12.1 Å². The molecule has 0 saturated heterocycles. The average Bonchev–Trinajstić information content (AvgIpc) is 1.85. The normalized spacial score (nSPS) is 28.6. The van der Waals surface area contributed by atoms with Gasteiger partial charge in [0.2, 0.25) is 5.97 Å². The lowest BCUT2D eigenvalue weighted by Gasteiger charge is -2.02. The minimum Gasteiger partial charge on any atom is -0.297 e. The summed E-state index contributed by atoms with van der Waals surface area (Å²) < 4.78 is 12.3. The number of hydrogen-bond acceptors (Lipinski definition) is 2. The Morgan fingerprint density at radius 3 is 2.62 bits per heavy atom. The summed E-state index contributed by atoms with van der Waals surface area (Å²) in [5.74, 6) is -0.243. The molecule has 46 valence electrons. The minimum absolute atomic E-state index is 0.000000000000000222. The molecule has 0 fully saturated rings. The van der Waals surface area contributed by atoms with E-state index in [0.29, 0.717) is 6.54 Å². The molecule has 0 bridgehead atoms. The first-order valence-corrected chi connectivity index (χ1v) is 2.65. The summed E-state index contributed by atoms with van der Waals surface area (Å²) >= 11 is 0. The van der Waals surface area contributed by atoms with Crippen LogP contribution in [0.15, 0.2) is 5.10 Å². The zero-order valence-electron chi connectivity index (χ0n) is 5.06. The van der Waals surface area contributed by atoms with E-state index in [-0.39, 0.29) is 11.9 Å². The van der Waals surface area contributed by atoms with Gasteiger partial charge >= 0.3 is 0 Å². The van der Waals surface area contributed by atoms with Gasteiger partial charge in [-0.3, -0.25) is 5.01 Å². The Hall–Kier alpha value is -0.600. The lowest BCUT2D eigenvalue weighted by molar-refractivity contribution is 0.368. The van der Waals surface area contributed by atoms with Gasteiger partial charge in [0.25, 0.3) is 0 Å². The summed E-state index contributed by atoms with van der Waals surface area (Å²) in [5.41, 5.74) is 0. The molecular formula is C5H9FN2. The van der Waals surface area contributed by atoms with Gasteiger partial charge in [-0.15, -0.1) is 0 Å². The van der Waals surface area contributed by atoms with Crippen LogP contribution in [0.5, 0.6) is 0 Å². The van der Waals surface area contributed by atoms with Crippen molar-refractivity contribution in [2.24, 2.45) is 11.0 Å². The van der Waals surface area contributed by atoms with Crippen molar-refractivity contribution < 1.29 is 4.39 Å². The van der Waals surface area contributed by atoms with Crippen LogP contribution < -0.4 is 0 Å². The lowest BCUT2D eigenvalue weighted by atomic mass is 10.2. The fraction of sp³-hybridized carbons (Fsp3) is 0.800. The second-order valence-corrected chi connectivity index (χ2v) is 2.16. The second-order valence-electron chi connectivity index (χ2n) is 2.16. The molecule has 1 heterocycles. The van der Waals surface area contributed by atoms with Crippen LogP contribution in [0.3, 0.4) is 0 Å². The van der Waals surface area contributed by atoms with Crippen LogP contribution in [0, 0.1) is 5.92 Å². The van der Waals surface area contributed by atoms with Gasteiger partial charge in [-0.25, -0.2) is 0 Å². The van der Waals surface area contributed by atoms with Crippen LogP contribution in [-0.4, -0.2) is 24.6 Å². The largest absolute Gasteiger partial charge is 0.297 e. The predicted octanol–water partition coefficient (Wildman–Crippen LogP) is 0.851. The monoisotopic (exact) mass is 116 g/mol. The van der Waals surface area contributed by atoms with Gasteiger partial charge in [-0.05, 0) is 0 Å². The molecule has 2 nitrogen and oxygen atoms in total. The maximum atomic E-state index is 12.3. The maximum absolute atomic E-state index is 12.3. The Morgan fingerprint density at radius 2 is 2.50 bits per heavy atom. The van der Waals surface area contributed by atoms with Gasteiger partial charge in [0.05, 0.1) is 0 Å². The Labute approximate surface area is 48.0 Å². The van der Waals surface area contributed by atoms with E-state index in [4.69, 9.17) is 0 Å². The molecule has 0 saturated carbocycles. The number of nitrogens with zero attached hydrogens (tertiary/aromatic N) is 2. The predicted molar refractivity (Wildman–Crippen MR) is 30.3 cm³/mol. The molecule has 1 unspecified atom stereocenters. The summed E-state index contributed by atoms with van der Waals surface area (Å²) in [7, 11) is 1.77. The third-order valence-corrected chi connectivity index (χ3v) is 1.21. The van der Waals surface area contributed by atoms with E-state index in [2.05, 4.69) is 5.10 Å². The standard InChI is InChI=1S/C5H9FN2/c1-4-3-8(2)7-5(4)6/h4H,3H2,1-2H3. The van der Waals surface area contributed by atoms with Crippen LogP contribution in [0.1, 0.15) is 6.92 Å². The van der Waals surface area contributed by atoms with Gasteiger partial charge in [0, 0.05) is 19.5 Å². The van der Waals surface area contributed by atoms with Crippen LogP contribution in [0.25, 0.3) is 0 Å². The van der Waals surface area contributed by atoms with Crippen molar-refractivity contribution in [3.8, 4) is 0 Å². The minimum atomic E-state index is -0.243. The molecule has 1 aliphatic rings. The van der Waals surface area contributed by atoms with E-state index in [0.717, 1.165) is 0 Å². The fourth-order valence-corrected chi connectivity index (χ4v) is 0.774. The molecule has 1 rings (SSSR count). The third kappa shape index (κ3) is 0.804.